The Bertz CT molecular complexity index is 849. The van der Waals surface area contributed by atoms with Gasteiger partial charge in [-0.1, -0.05) is 47.6 Å². The molecule has 1 unspecified atom stereocenters. The summed E-state index contributed by atoms with van der Waals surface area (Å²) >= 11 is 0. The van der Waals surface area contributed by atoms with Gasteiger partial charge in [0.25, 0.3) is 0 Å². The van der Waals surface area contributed by atoms with Crippen LogP contribution in [0.15, 0.2) is 59.1 Å². The molecule has 0 aliphatic carbocycles. The van der Waals surface area contributed by atoms with E-state index in [1.54, 1.807) is 18.2 Å². The Hall–Kier alpha value is -3.02. The number of hydrogen-bond donors (Lipinski definition) is 1. The maximum Gasteiger partial charge on any atom is 0.227 e. The SMILES string of the molecule is CC(NC(=O)CCc1nc(-c2ccccc2F)no1)c1ccccc1. The molecule has 0 aliphatic heterocycles. The van der Waals surface area contributed by atoms with Crippen molar-refractivity contribution in [3.63, 3.8) is 0 Å². The third-order valence-corrected chi connectivity index (χ3v) is 3.83. The molecule has 1 atom stereocenters. The summed E-state index contributed by atoms with van der Waals surface area (Å²) < 4.78 is 18.8. The van der Waals surface area contributed by atoms with Crippen LogP contribution in [0, 0.1) is 5.82 Å². The lowest BCUT2D eigenvalue weighted by Gasteiger charge is -2.13. The Morgan fingerprint density at radius 1 is 1.16 bits per heavy atom. The summed E-state index contributed by atoms with van der Waals surface area (Å²) in [5.74, 6) is -0.0294. The molecule has 0 saturated heterocycles. The fourth-order valence-electron chi connectivity index (χ4n) is 2.47. The van der Waals surface area contributed by atoms with E-state index < -0.39 is 5.82 Å². The first-order valence-electron chi connectivity index (χ1n) is 8.05. The van der Waals surface area contributed by atoms with Crippen LogP contribution in [-0.2, 0) is 11.2 Å². The lowest BCUT2D eigenvalue weighted by molar-refractivity contribution is -0.121. The van der Waals surface area contributed by atoms with Crippen molar-refractivity contribution in [3.05, 3.63) is 71.9 Å². The first-order valence-corrected chi connectivity index (χ1v) is 8.05. The highest BCUT2D eigenvalue weighted by Crippen LogP contribution is 2.19. The second-order valence-electron chi connectivity index (χ2n) is 5.69. The summed E-state index contributed by atoms with van der Waals surface area (Å²) in [5.41, 5.74) is 1.31. The van der Waals surface area contributed by atoms with Gasteiger partial charge in [0.15, 0.2) is 0 Å². The Kier molecular flexibility index (Phi) is 5.18. The van der Waals surface area contributed by atoms with E-state index in [1.165, 1.54) is 6.07 Å². The Labute approximate surface area is 144 Å². The van der Waals surface area contributed by atoms with Crippen molar-refractivity contribution in [3.8, 4) is 11.4 Å². The van der Waals surface area contributed by atoms with Crippen LogP contribution in [0.1, 0.15) is 30.8 Å². The van der Waals surface area contributed by atoms with Gasteiger partial charge >= 0.3 is 0 Å². The largest absolute Gasteiger partial charge is 0.350 e. The van der Waals surface area contributed by atoms with Gasteiger partial charge in [0, 0.05) is 12.8 Å². The number of carbonyl (C=O) groups excluding carboxylic acids is 1. The second kappa shape index (κ2) is 7.70. The predicted molar refractivity (Wildman–Crippen MR) is 91.0 cm³/mol. The average Bonchev–Trinajstić information content (AvgIpc) is 3.10. The molecule has 0 saturated carbocycles. The van der Waals surface area contributed by atoms with E-state index in [-0.39, 0.29) is 29.8 Å². The molecule has 3 rings (SSSR count). The van der Waals surface area contributed by atoms with Crippen LogP contribution in [0.5, 0.6) is 0 Å². The smallest absolute Gasteiger partial charge is 0.227 e. The number of nitrogens with zero attached hydrogens (tertiary/aromatic N) is 2. The number of hydrogen-bond acceptors (Lipinski definition) is 4. The van der Waals surface area contributed by atoms with Crippen LogP contribution < -0.4 is 5.32 Å². The van der Waals surface area contributed by atoms with Gasteiger partial charge in [0.2, 0.25) is 17.6 Å². The van der Waals surface area contributed by atoms with Gasteiger partial charge in [-0.3, -0.25) is 4.79 Å². The van der Waals surface area contributed by atoms with Crippen molar-refractivity contribution in [2.45, 2.75) is 25.8 Å². The van der Waals surface area contributed by atoms with E-state index in [0.717, 1.165) is 5.56 Å². The van der Waals surface area contributed by atoms with Crippen molar-refractivity contribution in [1.29, 1.82) is 0 Å². The lowest BCUT2D eigenvalue weighted by atomic mass is 10.1. The zero-order chi connectivity index (χ0) is 17.6. The number of carbonyl (C=O) groups is 1. The molecule has 128 valence electrons. The number of halogens is 1. The Morgan fingerprint density at radius 2 is 1.88 bits per heavy atom. The number of benzene rings is 2. The average molecular weight is 339 g/mol. The fraction of sp³-hybridized carbons (Fsp3) is 0.211. The highest BCUT2D eigenvalue weighted by molar-refractivity contribution is 5.76. The molecule has 0 spiro atoms. The molecule has 6 heteroatoms. The van der Waals surface area contributed by atoms with E-state index in [1.807, 2.05) is 37.3 Å². The maximum absolute atomic E-state index is 13.7. The van der Waals surface area contributed by atoms with Crippen molar-refractivity contribution in [1.82, 2.24) is 15.5 Å². The van der Waals surface area contributed by atoms with E-state index in [0.29, 0.717) is 12.3 Å². The molecule has 0 aliphatic rings. The van der Waals surface area contributed by atoms with Crippen molar-refractivity contribution in [2.24, 2.45) is 0 Å². The third-order valence-electron chi connectivity index (χ3n) is 3.83. The molecule has 1 N–H and O–H groups in total. The van der Waals surface area contributed by atoms with E-state index in [9.17, 15) is 9.18 Å². The van der Waals surface area contributed by atoms with Crippen molar-refractivity contribution >= 4 is 5.91 Å². The first kappa shape index (κ1) is 16.8. The van der Waals surface area contributed by atoms with Crippen LogP contribution >= 0.6 is 0 Å². The normalized spacial score (nSPS) is 11.9. The highest BCUT2D eigenvalue weighted by atomic mass is 19.1. The zero-order valence-electron chi connectivity index (χ0n) is 13.8. The van der Waals surface area contributed by atoms with Gasteiger partial charge in [0.1, 0.15) is 5.82 Å². The summed E-state index contributed by atoms with van der Waals surface area (Å²) in [5, 5.41) is 6.70. The van der Waals surface area contributed by atoms with Gasteiger partial charge < -0.3 is 9.84 Å². The number of nitrogens with one attached hydrogen (secondary N) is 1. The summed E-state index contributed by atoms with van der Waals surface area (Å²) in [4.78, 5) is 16.2. The van der Waals surface area contributed by atoms with Gasteiger partial charge in [0.05, 0.1) is 11.6 Å². The molecular weight excluding hydrogens is 321 g/mol. The minimum atomic E-state index is -0.413. The molecule has 5 nitrogen and oxygen atoms in total. The number of rotatable bonds is 6. The monoisotopic (exact) mass is 339 g/mol. The number of aromatic nitrogens is 2. The molecule has 0 bridgehead atoms. The fourth-order valence-corrected chi connectivity index (χ4v) is 2.47. The summed E-state index contributed by atoms with van der Waals surface area (Å²) in [6.07, 6.45) is 0.519. The quantitative estimate of drug-likeness (QED) is 0.744. The standard InChI is InChI=1S/C19H18FN3O2/c1-13(14-7-3-2-4-8-14)21-17(24)11-12-18-22-19(23-25-18)15-9-5-6-10-16(15)20/h2-10,13H,11-12H2,1H3,(H,21,24). The van der Waals surface area contributed by atoms with Crippen LogP contribution in [-0.4, -0.2) is 16.0 Å². The van der Waals surface area contributed by atoms with Crippen LogP contribution in [0.4, 0.5) is 4.39 Å². The lowest BCUT2D eigenvalue weighted by Crippen LogP contribution is -2.26. The molecule has 25 heavy (non-hydrogen) atoms. The van der Waals surface area contributed by atoms with Crippen molar-refractivity contribution in [2.75, 3.05) is 0 Å². The maximum atomic E-state index is 13.7. The van der Waals surface area contributed by atoms with E-state index in [2.05, 4.69) is 15.5 Å². The number of aryl methyl sites for hydroxylation is 1. The van der Waals surface area contributed by atoms with Gasteiger partial charge in [-0.15, -0.1) is 0 Å². The van der Waals surface area contributed by atoms with Crippen molar-refractivity contribution < 1.29 is 13.7 Å². The predicted octanol–water partition coefficient (Wildman–Crippen LogP) is 3.69. The molecule has 0 radical (unpaired) electrons. The molecule has 1 heterocycles. The Morgan fingerprint density at radius 3 is 2.64 bits per heavy atom. The molecule has 2 aromatic carbocycles. The van der Waals surface area contributed by atoms with Crippen LogP contribution in [0.2, 0.25) is 0 Å². The minimum Gasteiger partial charge on any atom is -0.350 e. The summed E-state index contributed by atoms with van der Waals surface area (Å²) in [6.45, 7) is 1.93. The first-order chi connectivity index (χ1) is 12.1. The molecule has 0 fully saturated rings. The topological polar surface area (TPSA) is 68.0 Å². The molecule has 1 aromatic heterocycles. The van der Waals surface area contributed by atoms with Crippen LogP contribution in [0.25, 0.3) is 11.4 Å². The molecule has 1 amide bonds. The third kappa shape index (κ3) is 4.29. The molecular formula is C19H18FN3O2. The second-order valence-corrected chi connectivity index (χ2v) is 5.69. The van der Waals surface area contributed by atoms with E-state index in [4.69, 9.17) is 4.52 Å². The van der Waals surface area contributed by atoms with E-state index >= 15 is 0 Å². The summed E-state index contributed by atoms with van der Waals surface area (Å²) in [7, 11) is 0. The highest BCUT2D eigenvalue weighted by Gasteiger charge is 2.14. The Balaban J connectivity index is 1.55. The zero-order valence-corrected chi connectivity index (χ0v) is 13.8. The number of amides is 1. The minimum absolute atomic E-state index is 0.0784. The van der Waals surface area contributed by atoms with Gasteiger partial charge in [-0.05, 0) is 24.6 Å². The van der Waals surface area contributed by atoms with Gasteiger partial charge in [-0.2, -0.15) is 4.98 Å². The van der Waals surface area contributed by atoms with Crippen LogP contribution in [0.3, 0.4) is 0 Å². The molecule has 3 aromatic rings. The van der Waals surface area contributed by atoms with Gasteiger partial charge in [-0.25, -0.2) is 4.39 Å². The summed E-state index contributed by atoms with van der Waals surface area (Å²) in [6, 6.07) is 15.9.